The Hall–Kier alpha value is -2.70. The minimum atomic E-state index is -0.399. The largest absolute Gasteiger partial charge is 0.378 e. The first-order chi connectivity index (χ1) is 13.0. The molecule has 2 aromatic rings. The molecule has 0 bridgehead atoms. The predicted molar refractivity (Wildman–Crippen MR) is 104 cm³/mol. The lowest BCUT2D eigenvalue weighted by atomic mass is 9.88. The van der Waals surface area contributed by atoms with E-state index in [2.05, 4.69) is 11.4 Å². The third kappa shape index (κ3) is 4.35. The number of anilines is 1. The van der Waals surface area contributed by atoms with E-state index in [1.807, 2.05) is 55.4 Å². The summed E-state index contributed by atoms with van der Waals surface area (Å²) >= 11 is 0. The molecule has 0 saturated carbocycles. The van der Waals surface area contributed by atoms with Crippen LogP contribution in [-0.4, -0.2) is 37.5 Å². The van der Waals surface area contributed by atoms with Crippen molar-refractivity contribution in [3.63, 3.8) is 0 Å². The number of Topliss-reactive ketones (excluding diaryl/α,β-unsaturated/α-hetero) is 1. The molecule has 0 fully saturated rings. The van der Waals surface area contributed by atoms with Crippen LogP contribution in [0.2, 0.25) is 0 Å². The van der Waals surface area contributed by atoms with Crippen molar-refractivity contribution in [1.29, 1.82) is 0 Å². The number of aryl methyl sites for hydroxylation is 1. The van der Waals surface area contributed by atoms with Gasteiger partial charge in [0, 0.05) is 38.3 Å². The molecular formula is C21H25N3O3. The summed E-state index contributed by atoms with van der Waals surface area (Å²) in [5.74, 6) is -0.336. The third-order valence-electron chi connectivity index (χ3n) is 4.96. The number of nitrogens with one attached hydrogen (secondary N) is 2. The first kappa shape index (κ1) is 19.1. The van der Waals surface area contributed by atoms with Crippen molar-refractivity contribution in [3.05, 3.63) is 64.7 Å². The zero-order chi connectivity index (χ0) is 19.4. The Morgan fingerprint density at radius 2 is 1.93 bits per heavy atom. The molecular weight excluding hydrogens is 342 g/mol. The Morgan fingerprint density at radius 3 is 2.59 bits per heavy atom. The lowest BCUT2D eigenvalue weighted by Gasteiger charge is -2.26. The zero-order valence-electron chi connectivity index (χ0n) is 15.7. The number of hydroxylamine groups is 1. The fourth-order valence-electron chi connectivity index (χ4n) is 3.41. The Balaban J connectivity index is 1.79. The van der Waals surface area contributed by atoms with Gasteiger partial charge in [-0.05, 0) is 53.8 Å². The average molecular weight is 367 g/mol. The first-order valence-electron chi connectivity index (χ1n) is 9.09. The first-order valence-corrected chi connectivity index (χ1v) is 9.09. The summed E-state index contributed by atoms with van der Waals surface area (Å²) in [6.07, 6.45) is 1.63. The van der Waals surface area contributed by atoms with E-state index in [-0.39, 0.29) is 18.2 Å². The van der Waals surface area contributed by atoms with E-state index in [4.69, 9.17) is 5.21 Å². The van der Waals surface area contributed by atoms with Gasteiger partial charge >= 0.3 is 0 Å². The summed E-state index contributed by atoms with van der Waals surface area (Å²) < 4.78 is 0. The molecule has 0 aromatic heterocycles. The highest BCUT2D eigenvalue weighted by Gasteiger charge is 2.27. The molecule has 0 aliphatic carbocycles. The Kier molecular flexibility index (Phi) is 5.88. The highest BCUT2D eigenvalue weighted by atomic mass is 16.5. The van der Waals surface area contributed by atoms with Crippen molar-refractivity contribution in [3.8, 4) is 0 Å². The maximum Gasteiger partial charge on any atom is 0.243 e. The number of carbonyl (C=O) groups excluding carboxylic acids is 2. The standard InChI is InChI=1S/C21H25N3O3/c1-24(2)17-7-5-15(6-8-17)21(26)20-18-9-3-14(4-10-19(25)23-27)13-16(18)11-12-22-20/h3,5-9,13,20,22,27H,4,10-12H2,1-2H3,(H,23,25). The van der Waals surface area contributed by atoms with Crippen LogP contribution in [-0.2, 0) is 17.6 Å². The molecule has 1 aliphatic heterocycles. The maximum absolute atomic E-state index is 13.0. The summed E-state index contributed by atoms with van der Waals surface area (Å²) in [5, 5.41) is 11.9. The van der Waals surface area contributed by atoms with Gasteiger partial charge < -0.3 is 10.2 Å². The zero-order valence-corrected chi connectivity index (χ0v) is 15.7. The molecule has 1 amide bonds. The van der Waals surface area contributed by atoms with Crippen molar-refractivity contribution in [2.75, 3.05) is 25.5 Å². The number of hydrogen-bond donors (Lipinski definition) is 3. The number of hydrogen-bond acceptors (Lipinski definition) is 5. The number of benzene rings is 2. The smallest absolute Gasteiger partial charge is 0.243 e. The van der Waals surface area contributed by atoms with Crippen molar-refractivity contribution in [2.24, 2.45) is 0 Å². The number of ketones is 1. The number of carbonyl (C=O) groups is 2. The van der Waals surface area contributed by atoms with Gasteiger partial charge in [-0.15, -0.1) is 0 Å². The SMILES string of the molecule is CN(C)c1ccc(C(=O)C2NCCc3cc(CCC(=O)NO)ccc32)cc1. The molecule has 6 heteroatoms. The fourth-order valence-corrected chi connectivity index (χ4v) is 3.41. The van der Waals surface area contributed by atoms with Crippen LogP contribution >= 0.6 is 0 Å². The molecule has 0 spiro atoms. The van der Waals surface area contributed by atoms with Gasteiger partial charge in [-0.1, -0.05) is 18.2 Å². The molecule has 1 unspecified atom stereocenters. The molecule has 3 N–H and O–H groups in total. The van der Waals surface area contributed by atoms with Crippen molar-refractivity contribution in [1.82, 2.24) is 10.8 Å². The van der Waals surface area contributed by atoms with Crippen LogP contribution in [0.4, 0.5) is 5.69 Å². The Labute approximate surface area is 159 Å². The fraction of sp³-hybridized carbons (Fsp3) is 0.333. The Morgan fingerprint density at radius 1 is 1.19 bits per heavy atom. The van der Waals surface area contributed by atoms with Gasteiger partial charge in [0.2, 0.25) is 5.91 Å². The molecule has 142 valence electrons. The van der Waals surface area contributed by atoms with Crippen molar-refractivity contribution >= 4 is 17.4 Å². The molecule has 0 saturated heterocycles. The summed E-state index contributed by atoms with van der Waals surface area (Å²) in [5.41, 5.74) is 6.56. The summed E-state index contributed by atoms with van der Waals surface area (Å²) in [6, 6.07) is 13.3. The van der Waals surface area contributed by atoms with E-state index < -0.39 is 5.91 Å². The van der Waals surface area contributed by atoms with Gasteiger partial charge in [-0.25, -0.2) is 5.48 Å². The van der Waals surface area contributed by atoms with Gasteiger partial charge in [0.25, 0.3) is 0 Å². The lowest BCUT2D eigenvalue weighted by molar-refractivity contribution is -0.129. The normalized spacial score (nSPS) is 15.7. The highest BCUT2D eigenvalue weighted by Crippen LogP contribution is 2.28. The van der Waals surface area contributed by atoms with Crippen molar-refractivity contribution < 1.29 is 14.8 Å². The molecule has 2 aromatic carbocycles. The average Bonchev–Trinajstić information content (AvgIpc) is 2.70. The van der Waals surface area contributed by atoms with Crippen LogP contribution in [0.25, 0.3) is 0 Å². The van der Waals surface area contributed by atoms with Gasteiger partial charge in [0.05, 0.1) is 6.04 Å². The van der Waals surface area contributed by atoms with E-state index in [0.717, 1.165) is 35.3 Å². The van der Waals surface area contributed by atoms with Gasteiger partial charge in [-0.2, -0.15) is 0 Å². The molecule has 27 heavy (non-hydrogen) atoms. The van der Waals surface area contributed by atoms with Crippen LogP contribution < -0.4 is 15.7 Å². The second-order valence-corrected chi connectivity index (χ2v) is 7.01. The van der Waals surface area contributed by atoms with Crippen LogP contribution in [0.15, 0.2) is 42.5 Å². The van der Waals surface area contributed by atoms with Crippen molar-refractivity contribution in [2.45, 2.75) is 25.3 Å². The molecule has 3 rings (SSSR count). The van der Waals surface area contributed by atoms with Crippen LogP contribution in [0.5, 0.6) is 0 Å². The number of fused-ring (bicyclic) bond motifs is 1. The molecule has 1 aliphatic rings. The van der Waals surface area contributed by atoms with Gasteiger partial charge in [-0.3, -0.25) is 14.8 Å². The number of amides is 1. The summed E-state index contributed by atoms with van der Waals surface area (Å²) in [6.45, 7) is 0.736. The second kappa shape index (κ2) is 8.33. The van der Waals surface area contributed by atoms with Crippen LogP contribution in [0, 0.1) is 0 Å². The number of nitrogens with zero attached hydrogens (tertiary/aromatic N) is 1. The van der Waals surface area contributed by atoms with Gasteiger partial charge in [0.1, 0.15) is 0 Å². The molecule has 0 radical (unpaired) electrons. The monoisotopic (exact) mass is 367 g/mol. The summed E-state index contributed by atoms with van der Waals surface area (Å²) in [7, 11) is 3.94. The maximum atomic E-state index is 13.0. The summed E-state index contributed by atoms with van der Waals surface area (Å²) in [4.78, 5) is 26.2. The predicted octanol–water partition coefficient (Wildman–Crippen LogP) is 2.26. The lowest BCUT2D eigenvalue weighted by Crippen LogP contribution is -2.35. The quantitative estimate of drug-likeness (QED) is 0.415. The van der Waals surface area contributed by atoms with Crippen LogP contribution in [0.1, 0.15) is 39.5 Å². The molecule has 6 nitrogen and oxygen atoms in total. The molecule has 1 heterocycles. The van der Waals surface area contributed by atoms with Crippen LogP contribution in [0.3, 0.4) is 0 Å². The van der Waals surface area contributed by atoms with E-state index in [9.17, 15) is 9.59 Å². The minimum absolute atomic E-state index is 0.0636. The Bertz CT molecular complexity index is 831. The number of rotatable bonds is 6. The van der Waals surface area contributed by atoms with E-state index in [0.29, 0.717) is 12.0 Å². The minimum Gasteiger partial charge on any atom is -0.378 e. The van der Waals surface area contributed by atoms with E-state index in [1.165, 1.54) is 0 Å². The highest BCUT2D eigenvalue weighted by molar-refractivity contribution is 6.01. The van der Waals surface area contributed by atoms with E-state index >= 15 is 0 Å². The third-order valence-corrected chi connectivity index (χ3v) is 4.96. The topological polar surface area (TPSA) is 81.7 Å². The van der Waals surface area contributed by atoms with Gasteiger partial charge in [0.15, 0.2) is 5.78 Å². The second-order valence-electron chi connectivity index (χ2n) is 7.01. The molecule has 1 atom stereocenters. The van der Waals surface area contributed by atoms with E-state index in [1.54, 1.807) is 5.48 Å².